The quantitative estimate of drug-likeness (QED) is 0.320. The first-order valence-electron chi connectivity index (χ1n) is 14.3. The molecule has 6 nitrogen and oxygen atoms in total. The number of ether oxygens (including phenoxy) is 2. The molecule has 0 saturated carbocycles. The maximum atomic E-state index is 14.7. The number of benzene rings is 1. The van der Waals surface area contributed by atoms with Gasteiger partial charge in [-0.3, -0.25) is 0 Å². The fourth-order valence-electron chi connectivity index (χ4n) is 5.72. The van der Waals surface area contributed by atoms with Gasteiger partial charge in [-0.1, -0.05) is 20.4 Å². The van der Waals surface area contributed by atoms with Crippen molar-refractivity contribution in [1.82, 2.24) is 15.5 Å². The predicted molar refractivity (Wildman–Crippen MR) is 155 cm³/mol. The molecule has 0 spiro atoms. The highest BCUT2D eigenvalue weighted by Gasteiger charge is 2.51. The number of allylic oxidation sites excluding steroid dienone is 1. The first-order chi connectivity index (χ1) is 18.4. The van der Waals surface area contributed by atoms with Crippen LogP contribution in [0.1, 0.15) is 71.4 Å². The minimum atomic E-state index is -2.63. The Morgan fingerprint density at radius 3 is 2.54 bits per heavy atom. The Kier molecular flexibility index (Phi) is 9.34. The van der Waals surface area contributed by atoms with E-state index in [1.807, 2.05) is 33.9 Å². The molecule has 0 radical (unpaired) electrons. The summed E-state index contributed by atoms with van der Waals surface area (Å²) in [7, 11) is 1.87. The van der Waals surface area contributed by atoms with Gasteiger partial charge in [-0.2, -0.15) is 0 Å². The van der Waals surface area contributed by atoms with Gasteiger partial charge in [0.15, 0.2) is 0 Å². The van der Waals surface area contributed by atoms with Crippen molar-refractivity contribution in [2.24, 2.45) is 5.41 Å². The minimum Gasteiger partial charge on any atom is -0.492 e. The molecule has 216 valence electrons. The van der Waals surface area contributed by atoms with Crippen LogP contribution in [0.15, 0.2) is 30.1 Å². The Bertz CT molecular complexity index is 1050. The fourth-order valence-corrected chi connectivity index (χ4v) is 5.72. The van der Waals surface area contributed by atoms with Crippen LogP contribution in [0.3, 0.4) is 0 Å². The fraction of sp³-hybridized carbons (Fsp3) is 0.667. The second-order valence-electron chi connectivity index (χ2n) is 12.3. The molecule has 0 aliphatic carbocycles. The van der Waals surface area contributed by atoms with E-state index in [9.17, 15) is 8.78 Å². The molecule has 3 aliphatic rings. The molecule has 0 bridgehead atoms. The summed E-state index contributed by atoms with van der Waals surface area (Å²) in [6.45, 7) is 18.1. The van der Waals surface area contributed by atoms with Crippen LogP contribution in [-0.2, 0) is 9.39 Å². The van der Waals surface area contributed by atoms with Crippen molar-refractivity contribution in [3.05, 3.63) is 41.2 Å². The van der Waals surface area contributed by atoms with E-state index in [2.05, 4.69) is 36.0 Å². The Morgan fingerprint density at radius 2 is 1.95 bits per heavy atom. The maximum Gasteiger partial charge on any atom is 0.328 e. The molecule has 9 heteroatoms. The first-order valence-corrected chi connectivity index (χ1v) is 14.3. The highest BCUT2D eigenvalue weighted by molar-refractivity contribution is 6.69. The summed E-state index contributed by atoms with van der Waals surface area (Å²) in [6.07, 6.45) is 0.679. The summed E-state index contributed by atoms with van der Waals surface area (Å²) in [5.41, 5.74) is 3.75. The molecule has 0 atom stereocenters. The van der Waals surface area contributed by atoms with Gasteiger partial charge in [-0.15, -0.1) is 0 Å². The average molecular weight is 546 g/mol. The first kappa shape index (κ1) is 29.9. The number of likely N-dealkylation sites (N-methyl/N-ethyl adjacent to an activating group) is 1. The second-order valence-corrected chi connectivity index (χ2v) is 12.3. The monoisotopic (exact) mass is 545 g/mol. The smallest absolute Gasteiger partial charge is 0.328 e. The zero-order valence-corrected chi connectivity index (χ0v) is 24.6. The van der Waals surface area contributed by atoms with Crippen LogP contribution < -0.4 is 20.8 Å². The van der Waals surface area contributed by atoms with E-state index < -0.39 is 18.9 Å². The zero-order valence-electron chi connectivity index (χ0n) is 24.6. The van der Waals surface area contributed by atoms with Crippen LogP contribution in [0.25, 0.3) is 5.57 Å². The number of alkyl halides is 2. The molecule has 2 saturated heterocycles. The normalized spacial score (nSPS) is 21.6. The van der Waals surface area contributed by atoms with Crippen LogP contribution in [-0.4, -0.2) is 70.0 Å². The van der Waals surface area contributed by atoms with Gasteiger partial charge in [0.2, 0.25) is 0 Å². The van der Waals surface area contributed by atoms with Crippen LogP contribution in [0, 0.1) is 5.41 Å². The van der Waals surface area contributed by atoms with Crippen LogP contribution in [0.2, 0.25) is 6.32 Å². The van der Waals surface area contributed by atoms with Gasteiger partial charge in [0.05, 0.1) is 5.60 Å². The molecule has 4 rings (SSSR count). The highest BCUT2D eigenvalue weighted by Crippen LogP contribution is 2.46. The molecule has 1 aromatic carbocycles. The Morgan fingerprint density at radius 1 is 1.23 bits per heavy atom. The molecular formula is C30H46BF2N3O3. The van der Waals surface area contributed by atoms with Crippen molar-refractivity contribution in [2.75, 3.05) is 46.5 Å². The van der Waals surface area contributed by atoms with E-state index in [1.54, 1.807) is 6.07 Å². The molecule has 2 fully saturated rings. The van der Waals surface area contributed by atoms with E-state index in [1.165, 1.54) is 0 Å². The molecule has 0 unspecified atom stereocenters. The van der Waals surface area contributed by atoms with E-state index in [0.717, 1.165) is 61.6 Å². The number of hydrogen-bond acceptors (Lipinski definition) is 6. The lowest BCUT2D eigenvalue weighted by molar-refractivity contribution is 0.0374. The molecular weight excluding hydrogens is 499 g/mol. The molecule has 1 aromatic rings. The molecule has 2 N–H and O–H groups in total. The van der Waals surface area contributed by atoms with Crippen molar-refractivity contribution in [2.45, 2.75) is 78.3 Å². The number of halogens is 2. The zero-order chi connectivity index (χ0) is 28.4. The lowest BCUT2D eigenvalue weighted by Gasteiger charge is -2.36. The molecule has 0 amide bonds. The number of nitrogens with one attached hydrogen (secondary N) is 2. The Labute approximate surface area is 233 Å². The van der Waals surface area contributed by atoms with Gasteiger partial charge >= 0.3 is 6.92 Å². The summed E-state index contributed by atoms with van der Waals surface area (Å²) in [4.78, 5) is 2.21. The van der Waals surface area contributed by atoms with Crippen molar-refractivity contribution in [3.63, 3.8) is 0 Å². The predicted octanol–water partition coefficient (Wildman–Crippen LogP) is 4.97. The Hall–Kier alpha value is -2.10. The topological polar surface area (TPSA) is 55.0 Å². The van der Waals surface area contributed by atoms with Crippen molar-refractivity contribution in [3.8, 4) is 5.75 Å². The largest absolute Gasteiger partial charge is 0.492 e. The maximum absolute atomic E-state index is 14.7. The van der Waals surface area contributed by atoms with Gasteiger partial charge in [-0.25, -0.2) is 8.78 Å². The van der Waals surface area contributed by atoms with Gasteiger partial charge in [0, 0.05) is 73.4 Å². The van der Waals surface area contributed by atoms with Crippen molar-refractivity contribution < 1.29 is 22.9 Å². The van der Waals surface area contributed by atoms with Crippen LogP contribution in [0.5, 0.6) is 5.75 Å². The number of hydrogen-bond donors (Lipinski definition) is 2. The van der Waals surface area contributed by atoms with Gasteiger partial charge in [0.25, 0.3) is 6.43 Å². The summed E-state index contributed by atoms with van der Waals surface area (Å²) >= 11 is 0. The lowest BCUT2D eigenvalue weighted by Crippen LogP contribution is -2.40. The van der Waals surface area contributed by atoms with Crippen LogP contribution in [0.4, 0.5) is 8.78 Å². The summed E-state index contributed by atoms with van der Waals surface area (Å²) in [5, 5.41) is 6.88. The molecule has 3 heterocycles. The Balaban J connectivity index is 1.82. The minimum absolute atomic E-state index is 0.0230. The molecule has 39 heavy (non-hydrogen) atoms. The average Bonchev–Trinajstić information content (AvgIpc) is 3.11. The van der Waals surface area contributed by atoms with E-state index in [-0.39, 0.29) is 11.0 Å². The third kappa shape index (κ3) is 6.63. The third-order valence-electron chi connectivity index (χ3n) is 8.95. The van der Waals surface area contributed by atoms with E-state index in [0.29, 0.717) is 43.3 Å². The highest BCUT2D eigenvalue weighted by atomic mass is 19.3. The lowest BCUT2D eigenvalue weighted by atomic mass is 9.53. The van der Waals surface area contributed by atoms with E-state index in [4.69, 9.17) is 14.1 Å². The molecule has 3 aliphatic heterocycles. The van der Waals surface area contributed by atoms with Crippen molar-refractivity contribution >= 4 is 18.0 Å². The van der Waals surface area contributed by atoms with Gasteiger partial charge in [0.1, 0.15) is 12.4 Å². The third-order valence-corrected chi connectivity index (χ3v) is 8.95. The number of nitrogens with zero attached hydrogens (tertiary/aromatic N) is 1. The second kappa shape index (κ2) is 12.2. The summed E-state index contributed by atoms with van der Waals surface area (Å²) in [5.74, 6) is 0.626. The molecule has 0 aromatic heterocycles. The number of rotatable bonds is 10. The standard InChI is InChI=1S/C30H46BF2N3O3/c1-20(2)36-12-8-26(35-21-9-13-37-14-10-21)24(18-36)22-16-23(28(32)33)25(17-27(22)38-15-11-34-7)31-19-29(3,4)30(5,6)39-31/h16-17,21,28,34-35H,1,8-15,18-19H2,2-7H3. The van der Waals surface area contributed by atoms with Gasteiger partial charge in [-0.05, 0) is 70.0 Å². The van der Waals surface area contributed by atoms with Crippen molar-refractivity contribution in [1.29, 1.82) is 0 Å². The summed E-state index contributed by atoms with van der Waals surface area (Å²) < 4.78 is 47.8. The van der Waals surface area contributed by atoms with Gasteiger partial charge < -0.3 is 29.7 Å². The SMILES string of the molecule is C=C(C)N1CCC(NC2CCOCC2)=C(c2cc(C(F)F)c(B3CC(C)(C)C(C)(C)O3)cc2OCCNC)C1. The van der Waals surface area contributed by atoms with Crippen LogP contribution >= 0.6 is 0 Å². The summed E-state index contributed by atoms with van der Waals surface area (Å²) in [6, 6.07) is 3.80. The van der Waals surface area contributed by atoms with E-state index >= 15 is 0 Å².